The van der Waals surface area contributed by atoms with Gasteiger partial charge in [-0.3, -0.25) is 0 Å². The zero-order chi connectivity index (χ0) is 12.5. The van der Waals surface area contributed by atoms with Crippen molar-refractivity contribution in [3.63, 3.8) is 0 Å². The smallest absolute Gasteiger partial charge is 0.123 e. The highest BCUT2D eigenvalue weighted by Gasteiger charge is 2.53. The maximum atomic E-state index is 13.2. The number of halogens is 1. The molecular formula is C16H22FN. The second-order valence-corrected chi connectivity index (χ2v) is 5.92. The second kappa shape index (κ2) is 5.00. The van der Waals surface area contributed by atoms with Crippen LogP contribution in [-0.4, -0.2) is 13.1 Å². The van der Waals surface area contributed by atoms with E-state index in [1.807, 2.05) is 19.2 Å². The van der Waals surface area contributed by atoms with Crippen LogP contribution in [0, 0.1) is 23.6 Å². The van der Waals surface area contributed by atoms with E-state index in [1.165, 1.54) is 31.7 Å². The van der Waals surface area contributed by atoms with Crippen LogP contribution in [0.3, 0.4) is 0 Å². The Bertz CT molecular complexity index is 405. The lowest BCUT2D eigenvalue weighted by Gasteiger charge is -2.16. The Labute approximate surface area is 109 Å². The Morgan fingerprint density at radius 1 is 1.28 bits per heavy atom. The van der Waals surface area contributed by atoms with Gasteiger partial charge in [-0.15, -0.1) is 0 Å². The van der Waals surface area contributed by atoms with Crippen LogP contribution in [0.2, 0.25) is 0 Å². The molecule has 1 aromatic carbocycles. The highest BCUT2D eigenvalue weighted by atomic mass is 19.1. The van der Waals surface area contributed by atoms with E-state index in [9.17, 15) is 4.39 Å². The van der Waals surface area contributed by atoms with Gasteiger partial charge in [-0.1, -0.05) is 25.0 Å². The summed E-state index contributed by atoms with van der Waals surface area (Å²) in [6.07, 6.45) is 6.61. The number of rotatable bonds is 4. The van der Waals surface area contributed by atoms with Gasteiger partial charge in [-0.25, -0.2) is 4.39 Å². The lowest BCUT2D eigenvalue weighted by molar-refractivity contribution is 0.459. The number of nitrogens with one attached hydrogen (secondary N) is 1. The van der Waals surface area contributed by atoms with Gasteiger partial charge < -0.3 is 5.32 Å². The predicted molar refractivity (Wildman–Crippen MR) is 71.9 cm³/mol. The molecule has 0 spiro atoms. The van der Waals surface area contributed by atoms with Crippen molar-refractivity contribution in [3.05, 3.63) is 35.6 Å². The predicted octanol–water partition coefficient (Wildman–Crippen LogP) is 3.39. The number of hydrogen-bond donors (Lipinski definition) is 1. The van der Waals surface area contributed by atoms with Gasteiger partial charge in [0.25, 0.3) is 0 Å². The molecule has 1 nitrogen and oxygen atoms in total. The summed E-state index contributed by atoms with van der Waals surface area (Å²) < 4.78 is 13.2. The zero-order valence-corrected chi connectivity index (χ0v) is 11.0. The third-order valence-corrected chi connectivity index (χ3v) is 4.90. The summed E-state index contributed by atoms with van der Waals surface area (Å²) in [6, 6.07) is 7.59. The highest BCUT2D eigenvalue weighted by molar-refractivity contribution is 5.19. The van der Waals surface area contributed by atoms with E-state index in [4.69, 9.17) is 0 Å². The fourth-order valence-corrected chi connectivity index (χ4v) is 3.99. The monoisotopic (exact) mass is 247 g/mol. The normalized spacial score (nSPS) is 31.8. The minimum atomic E-state index is -0.115. The first kappa shape index (κ1) is 12.2. The fourth-order valence-electron chi connectivity index (χ4n) is 3.99. The van der Waals surface area contributed by atoms with Crippen molar-refractivity contribution < 1.29 is 4.39 Å². The third-order valence-electron chi connectivity index (χ3n) is 4.90. The average Bonchev–Trinajstić information content (AvgIpc) is 3.10. The first-order chi connectivity index (χ1) is 8.79. The van der Waals surface area contributed by atoms with E-state index in [1.54, 1.807) is 6.07 Å². The van der Waals surface area contributed by atoms with Gasteiger partial charge in [0, 0.05) is 6.04 Å². The fraction of sp³-hybridized carbons (Fsp3) is 0.625. The van der Waals surface area contributed by atoms with E-state index in [0.29, 0.717) is 6.04 Å². The lowest BCUT2D eigenvalue weighted by atomic mass is 10.00. The molecule has 2 heteroatoms. The van der Waals surface area contributed by atoms with Crippen LogP contribution >= 0.6 is 0 Å². The molecule has 0 heterocycles. The molecule has 3 atom stereocenters. The summed E-state index contributed by atoms with van der Waals surface area (Å²) in [4.78, 5) is 0. The topological polar surface area (TPSA) is 12.0 Å². The molecule has 0 aromatic heterocycles. The maximum Gasteiger partial charge on any atom is 0.123 e. The molecule has 1 N–H and O–H groups in total. The van der Waals surface area contributed by atoms with Gasteiger partial charge in [0.15, 0.2) is 0 Å². The molecule has 2 saturated carbocycles. The van der Waals surface area contributed by atoms with Crippen LogP contribution in [0.5, 0.6) is 0 Å². The SMILES string of the molecule is CNC(Cc1cccc(F)c1)C1C2CCCCC21. The Morgan fingerprint density at radius 2 is 2.00 bits per heavy atom. The van der Waals surface area contributed by atoms with Gasteiger partial charge in [-0.05, 0) is 61.8 Å². The number of benzene rings is 1. The van der Waals surface area contributed by atoms with Crippen LogP contribution in [-0.2, 0) is 6.42 Å². The molecule has 2 aliphatic rings. The zero-order valence-electron chi connectivity index (χ0n) is 11.0. The summed E-state index contributed by atoms with van der Waals surface area (Å²) in [6.45, 7) is 0. The first-order valence-electron chi connectivity index (χ1n) is 7.21. The van der Waals surface area contributed by atoms with E-state index in [2.05, 4.69) is 5.32 Å². The van der Waals surface area contributed by atoms with Crippen LogP contribution < -0.4 is 5.32 Å². The lowest BCUT2D eigenvalue weighted by Crippen LogP contribution is -2.31. The number of fused-ring (bicyclic) bond motifs is 1. The van der Waals surface area contributed by atoms with Crippen molar-refractivity contribution in [1.82, 2.24) is 5.32 Å². The van der Waals surface area contributed by atoms with Gasteiger partial charge in [0.2, 0.25) is 0 Å². The molecule has 1 aromatic rings. The molecule has 0 amide bonds. The first-order valence-corrected chi connectivity index (χ1v) is 7.21. The molecule has 2 aliphatic carbocycles. The Hall–Kier alpha value is -0.890. The molecule has 3 rings (SSSR count). The molecule has 0 bridgehead atoms. The summed E-state index contributed by atoms with van der Waals surface area (Å²) in [7, 11) is 2.05. The molecule has 18 heavy (non-hydrogen) atoms. The van der Waals surface area contributed by atoms with Crippen molar-refractivity contribution in [2.75, 3.05) is 7.05 Å². The Morgan fingerprint density at radius 3 is 2.61 bits per heavy atom. The van der Waals surface area contributed by atoms with Crippen molar-refractivity contribution in [2.45, 2.75) is 38.1 Å². The number of likely N-dealkylation sites (N-methyl/N-ethyl adjacent to an activating group) is 1. The molecule has 3 unspecified atom stereocenters. The van der Waals surface area contributed by atoms with Gasteiger partial charge in [-0.2, -0.15) is 0 Å². The van der Waals surface area contributed by atoms with Crippen LogP contribution in [0.1, 0.15) is 31.2 Å². The standard InChI is InChI=1S/C16H22FN/c1-18-15(10-11-5-4-6-12(17)9-11)16-13-7-2-3-8-14(13)16/h4-6,9,13-16,18H,2-3,7-8,10H2,1H3. The Balaban J connectivity index is 1.66. The van der Waals surface area contributed by atoms with E-state index < -0.39 is 0 Å². The van der Waals surface area contributed by atoms with Crippen molar-refractivity contribution in [2.24, 2.45) is 17.8 Å². The Kier molecular flexibility index (Phi) is 3.38. The average molecular weight is 247 g/mol. The largest absolute Gasteiger partial charge is 0.316 e. The molecule has 0 aliphatic heterocycles. The van der Waals surface area contributed by atoms with Crippen LogP contribution in [0.25, 0.3) is 0 Å². The maximum absolute atomic E-state index is 13.2. The molecule has 2 fully saturated rings. The summed E-state index contributed by atoms with van der Waals surface area (Å²) in [5, 5.41) is 3.47. The molecular weight excluding hydrogens is 225 g/mol. The van der Waals surface area contributed by atoms with E-state index in [-0.39, 0.29) is 5.82 Å². The van der Waals surface area contributed by atoms with Crippen LogP contribution in [0.15, 0.2) is 24.3 Å². The molecule has 0 saturated heterocycles. The van der Waals surface area contributed by atoms with Gasteiger partial charge >= 0.3 is 0 Å². The van der Waals surface area contributed by atoms with Crippen LogP contribution in [0.4, 0.5) is 4.39 Å². The van der Waals surface area contributed by atoms with Crippen molar-refractivity contribution in [1.29, 1.82) is 0 Å². The van der Waals surface area contributed by atoms with Crippen molar-refractivity contribution in [3.8, 4) is 0 Å². The second-order valence-electron chi connectivity index (χ2n) is 5.92. The highest BCUT2D eigenvalue weighted by Crippen LogP contribution is 2.57. The van der Waals surface area contributed by atoms with Crippen molar-refractivity contribution >= 4 is 0 Å². The summed E-state index contributed by atoms with van der Waals surface area (Å²) in [5.41, 5.74) is 1.12. The van der Waals surface area contributed by atoms with Gasteiger partial charge in [0.05, 0.1) is 0 Å². The molecule has 98 valence electrons. The summed E-state index contributed by atoms with van der Waals surface area (Å²) >= 11 is 0. The third kappa shape index (κ3) is 2.31. The minimum Gasteiger partial charge on any atom is -0.316 e. The van der Waals surface area contributed by atoms with Gasteiger partial charge in [0.1, 0.15) is 5.82 Å². The molecule has 0 radical (unpaired) electrons. The minimum absolute atomic E-state index is 0.115. The number of hydrogen-bond acceptors (Lipinski definition) is 1. The van der Waals surface area contributed by atoms with E-state index in [0.717, 1.165) is 29.7 Å². The quantitative estimate of drug-likeness (QED) is 0.860. The summed E-state index contributed by atoms with van der Waals surface area (Å²) in [5.74, 6) is 2.62. The van der Waals surface area contributed by atoms with E-state index >= 15 is 0 Å².